The first-order chi connectivity index (χ1) is 8.63. The van der Waals surface area contributed by atoms with Crippen LogP contribution in [0.1, 0.15) is 25.7 Å². The molecule has 18 heavy (non-hydrogen) atoms. The molecule has 100 valence electrons. The van der Waals surface area contributed by atoms with Gasteiger partial charge in [-0.05, 0) is 25.2 Å². The van der Waals surface area contributed by atoms with Crippen molar-refractivity contribution >= 4 is 11.9 Å². The van der Waals surface area contributed by atoms with Crippen LogP contribution in [-0.4, -0.2) is 48.1 Å². The van der Waals surface area contributed by atoms with Crippen LogP contribution < -0.4 is 5.32 Å². The molecule has 0 aliphatic carbocycles. The van der Waals surface area contributed by atoms with E-state index >= 15 is 0 Å². The molecule has 1 rings (SSSR count). The number of nitrogens with one attached hydrogen (secondary N) is 1. The van der Waals surface area contributed by atoms with Gasteiger partial charge in [0, 0.05) is 19.5 Å². The van der Waals surface area contributed by atoms with E-state index < -0.39 is 5.97 Å². The summed E-state index contributed by atoms with van der Waals surface area (Å²) in [6.45, 7) is 2.13. The van der Waals surface area contributed by atoms with Crippen LogP contribution in [0.5, 0.6) is 0 Å². The maximum Gasteiger partial charge on any atom is 0.303 e. The maximum atomic E-state index is 11.7. The third-order valence-corrected chi connectivity index (χ3v) is 3.24. The molecule has 0 aromatic carbocycles. The molecular weight excluding hydrogens is 232 g/mol. The smallest absolute Gasteiger partial charge is 0.303 e. The molecule has 0 atom stereocenters. The van der Waals surface area contributed by atoms with Crippen molar-refractivity contribution in [1.82, 2.24) is 10.2 Å². The standard InChI is InChI=1S/C13H20N2O3/c1-2-7-14-10-12(16)15-8-5-11(6-9-15)3-4-13(17)18/h1,11,14H,3-10H2,(H,17,18). The summed E-state index contributed by atoms with van der Waals surface area (Å²) in [4.78, 5) is 24.0. The zero-order chi connectivity index (χ0) is 13.4. The number of hydrogen-bond donors (Lipinski definition) is 2. The summed E-state index contributed by atoms with van der Waals surface area (Å²) in [7, 11) is 0. The molecule has 0 unspecified atom stereocenters. The van der Waals surface area contributed by atoms with Crippen LogP contribution in [0.25, 0.3) is 0 Å². The minimum atomic E-state index is -0.744. The molecule has 0 spiro atoms. The molecule has 5 heteroatoms. The van der Waals surface area contributed by atoms with Crippen molar-refractivity contribution in [2.75, 3.05) is 26.2 Å². The largest absolute Gasteiger partial charge is 0.481 e. The van der Waals surface area contributed by atoms with Crippen molar-refractivity contribution in [3.05, 3.63) is 0 Å². The fourth-order valence-electron chi connectivity index (χ4n) is 2.15. The van der Waals surface area contributed by atoms with Crippen LogP contribution in [0.15, 0.2) is 0 Å². The number of piperidine rings is 1. The van der Waals surface area contributed by atoms with Gasteiger partial charge in [-0.1, -0.05) is 5.92 Å². The fraction of sp³-hybridized carbons (Fsp3) is 0.692. The molecule has 0 radical (unpaired) electrons. The molecule has 2 N–H and O–H groups in total. The lowest BCUT2D eigenvalue weighted by Crippen LogP contribution is -2.43. The summed E-state index contributed by atoms with van der Waals surface area (Å²) in [6, 6.07) is 0. The second-order valence-electron chi connectivity index (χ2n) is 4.56. The van der Waals surface area contributed by atoms with E-state index in [1.54, 1.807) is 0 Å². The minimum absolute atomic E-state index is 0.0712. The van der Waals surface area contributed by atoms with E-state index in [2.05, 4.69) is 11.2 Å². The molecule has 0 saturated carbocycles. The summed E-state index contributed by atoms with van der Waals surface area (Å²) in [5.41, 5.74) is 0. The third-order valence-electron chi connectivity index (χ3n) is 3.24. The topological polar surface area (TPSA) is 69.6 Å². The third kappa shape index (κ3) is 5.19. The van der Waals surface area contributed by atoms with Crippen LogP contribution in [-0.2, 0) is 9.59 Å². The maximum absolute atomic E-state index is 11.7. The Kier molecular flexibility index (Phi) is 6.23. The second-order valence-corrected chi connectivity index (χ2v) is 4.56. The highest BCUT2D eigenvalue weighted by atomic mass is 16.4. The summed E-state index contributed by atoms with van der Waals surface area (Å²) in [5.74, 6) is 2.18. The van der Waals surface area contributed by atoms with Gasteiger partial charge in [0.2, 0.25) is 5.91 Å². The van der Waals surface area contributed by atoms with Gasteiger partial charge in [0.05, 0.1) is 13.1 Å². The average molecular weight is 252 g/mol. The van der Waals surface area contributed by atoms with Gasteiger partial charge >= 0.3 is 5.97 Å². The number of hydrogen-bond acceptors (Lipinski definition) is 3. The van der Waals surface area contributed by atoms with Crippen molar-refractivity contribution in [3.8, 4) is 12.3 Å². The molecule has 1 aliphatic heterocycles. The van der Waals surface area contributed by atoms with Gasteiger partial charge in [-0.3, -0.25) is 14.9 Å². The van der Waals surface area contributed by atoms with Gasteiger partial charge in [0.25, 0.3) is 0 Å². The quantitative estimate of drug-likeness (QED) is 0.527. The van der Waals surface area contributed by atoms with Crippen LogP contribution in [0.4, 0.5) is 0 Å². The number of terminal acetylenes is 1. The molecule has 1 fully saturated rings. The first kappa shape index (κ1) is 14.5. The Morgan fingerprint density at radius 3 is 2.61 bits per heavy atom. The molecular formula is C13H20N2O3. The van der Waals surface area contributed by atoms with E-state index in [4.69, 9.17) is 11.5 Å². The van der Waals surface area contributed by atoms with E-state index in [1.807, 2.05) is 4.90 Å². The van der Waals surface area contributed by atoms with Crippen molar-refractivity contribution in [2.24, 2.45) is 5.92 Å². The Morgan fingerprint density at radius 1 is 1.39 bits per heavy atom. The number of carboxylic acids is 1. The zero-order valence-corrected chi connectivity index (χ0v) is 10.5. The normalized spacial score (nSPS) is 16.3. The van der Waals surface area contributed by atoms with Gasteiger partial charge < -0.3 is 10.0 Å². The number of carboxylic acid groups (broad SMARTS) is 1. The number of aliphatic carboxylic acids is 1. The zero-order valence-electron chi connectivity index (χ0n) is 10.5. The summed E-state index contributed by atoms with van der Waals surface area (Å²) >= 11 is 0. The van der Waals surface area contributed by atoms with Gasteiger partial charge in [0.15, 0.2) is 0 Å². The Labute approximate surface area is 108 Å². The molecule has 0 bridgehead atoms. The number of rotatable bonds is 6. The van der Waals surface area contributed by atoms with Crippen LogP contribution in [0.3, 0.4) is 0 Å². The number of amides is 1. The van der Waals surface area contributed by atoms with Gasteiger partial charge in [-0.2, -0.15) is 0 Å². The predicted molar refractivity (Wildman–Crippen MR) is 67.9 cm³/mol. The predicted octanol–water partition coefficient (Wildman–Crippen LogP) is 0.313. The molecule has 1 amide bonds. The highest BCUT2D eigenvalue weighted by molar-refractivity contribution is 5.78. The Hall–Kier alpha value is -1.54. The van der Waals surface area contributed by atoms with Crippen molar-refractivity contribution in [3.63, 3.8) is 0 Å². The molecule has 1 aliphatic rings. The van der Waals surface area contributed by atoms with E-state index in [-0.39, 0.29) is 18.9 Å². The number of carbonyl (C=O) groups is 2. The first-order valence-electron chi connectivity index (χ1n) is 6.27. The summed E-state index contributed by atoms with van der Waals surface area (Å²) in [5, 5.41) is 11.5. The highest BCUT2D eigenvalue weighted by Crippen LogP contribution is 2.21. The van der Waals surface area contributed by atoms with Crippen LogP contribution >= 0.6 is 0 Å². The average Bonchev–Trinajstić information content (AvgIpc) is 2.37. The van der Waals surface area contributed by atoms with Gasteiger partial charge in [0.1, 0.15) is 0 Å². The lowest BCUT2D eigenvalue weighted by atomic mass is 9.92. The lowest BCUT2D eigenvalue weighted by Gasteiger charge is -2.31. The van der Waals surface area contributed by atoms with Gasteiger partial charge in [-0.25, -0.2) is 0 Å². The Morgan fingerprint density at radius 2 is 2.06 bits per heavy atom. The van der Waals surface area contributed by atoms with E-state index in [0.717, 1.165) is 25.9 Å². The van der Waals surface area contributed by atoms with Gasteiger partial charge in [-0.15, -0.1) is 6.42 Å². The highest BCUT2D eigenvalue weighted by Gasteiger charge is 2.22. The number of nitrogens with zero attached hydrogens (tertiary/aromatic N) is 1. The van der Waals surface area contributed by atoms with Crippen LogP contribution in [0.2, 0.25) is 0 Å². The first-order valence-corrected chi connectivity index (χ1v) is 6.27. The van der Waals surface area contributed by atoms with E-state index in [9.17, 15) is 9.59 Å². The summed E-state index contributed by atoms with van der Waals surface area (Å²) < 4.78 is 0. The van der Waals surface area contributed by atoms with Crippen molar-refractivity contribution in [2.45, 2.75) is 25.7 Å². The molecule has 0 aromatic heterocycles. The molecule has 5 nitrogen and oxygen atoms in total. The second kappa shape index (κ2) is 7.72. The van der Waals surface area contributed by atoms with E-state index in [1.165, 1.54) is 0 Å². The number of carbonyl (C=O) groups excluding carboxylic acids is 1. The van der Waals surface area contributed by atoms with E-state index in [0.29, 0.717) is 18.9 Å². The fourth-order valence-corrected chi connectivity index (χ4v) is 2.15. The monoisotopic (exact) mass is 252 g/mol. The van der Waals surface area contributed by atoms with Crippen molar-refractivity contribution < 1.29 is 14.7 Å². The molecule has 0 aromatic rings. The lowest BCUT2D eigenvalue weighted by molar-refractivity contribution is -0.138. The van der Waals surface area contributed by atoms with Crippen LogP contribution in [0, 0.1) is 18.3 Å². The Balaban J connectivity index is 2.20. The minimum Gasteiger partial charge on any atom is -0.481 e. The molecule has 1 heterocycles. The Bertz CT molecular complexity index is 328. The SMILES string of the molecule is C#CCNCC(=O)N1CCC(CCC(=O)O)CC1. The number of likely N-dealkylation sites (tertiary alicyclic amines) is 1. The van der Waals surface area contributed by atoms with Crippen molar-refractivity contribution in [1.29, 1.82) is 0 Å². The molecule has 1 saturated heterocycles. The summed E-state index contributed by atoms with van der Waals surface area (Å²) in [6.07, 6.45) is 7.82.